The van der Waals surface area contributed by atoms with Gasteiger partial charge in [-0.05, 0) is 56.4 Å². The molecule has 0 saturated carbocycles. The van der Waals surface area contributed by atoms with E-state index in [1.54, 1.807) is 7.11 Å². The molecule has 2 fully saturated rings. The molecule has 4 nitrogen and oxygen atoms in total. The molecule has 1 N–H and O–H groups in total. The van der Waals surface area contributed by atoms with Crippen LogP contribution in [0.2, 0.25) is 0 Å². The first-order chi connectivity index (χ1) is 10.3. The van der Waals surface area contributed by atoms with Gasteiger partial charge < -0.3 is 14.8 Å². The lowest BCUT2D eigenvalue weighted by Gasteiger charge is -2.33. The number of piperidine rings is 1. The lowest BCUT2D eigenvalue weighted by Crippen LogP contribution is -2.39. The van der Waals surface area contributed by atoms with E-state index in [2.05, 4.69) is 10.2 Å². The molecule has 0 atom stereocenters. The van der Waals surface area contributed by atoms with E-state index in [1.165, 1.54) is 45.4 Å². The number of benzene rings is 1. The molecule has 1 aromatic rings. The van der Waals surface area contributed by atoms with Crippen molar-refractivity contribution in [3.05, 3.63) is 24.3 Å². The highest BCUT2D eigenvalue weighted by Gasteiger charge is 2.38. The monoisotopic (exact) mass is 290 g/mol. The summed E-state index contributed by atoms with van der Waals surface area (Å²) in [6, 6.07) is 7.86. The first-order valence-corrected chi connectivity index (χ1v) is 8.00. The summed E-state index contributed by atoms with van der Waals surface area (Å²) in [5.74, 6) is 1.66. The molecule has 0 aliphatic carbocycles. The number of ether oxygens (including phenoxy) is 2. The number of para-hydroxylation sites is 2. The molecule has 2 saturated heterocycles. The second-order valence-electron chi connectivity index (χ2n) is 6.28. The molecule has 116 valence electrons. The molecule has 2 aliphatic heterocycles. The van der Waals surface area contributed by atoms with Gasteiger partial charge in [-0.3, -0.25) is 4.90 Å². The van der Waals surface area contributed by atoms with Crippen molar-refractivity contribution in [1.29, 1.82) is 0 Å². The average molecular weight is 290 g/mol. The first kappa shape index (κ1) is 14.7. The lowest BCUT2D eigenvalue weighted by atomic mass is 9.78. The van der Waals surface area contributed by atoms with Crippen molar-refractivity contribution in [1.82, 2.24) is 10.2 Å². The highest BCUT2D eigenvalue weighted by molar-refractivity contribution is 5.39. The van der Waals surface area contributed by atoms with E-state index in [-0.39, 0.29) is 0 Å². The highest BCUT2D eigenvalue weighted by Crippen LogP contribution is 2.38. The largest absolute Gasteiger partial charge is 0.493 e. The molecule has 2 aliphatic rings. The maximum Gasteiger partial charge on any atom is 0.161 e. The molecule has 1 aromatic carbocycles. The van der Waals surface area contributed by atoms with E-state index in [4.69, 9.17) is 9.47 Å². The van der Waals surface area contributed by atoms with Crippen molar-refractivity contribution in [2.75, 3.05) is 46.4 Å². The van der Waals surface area contributed by atoms with Crippen LogP contribution in [0.3, 0.4) is 0 Å². The van der Waals surface area contributed by atoms with Gasteiger partial charge >= 0.3 is 0 Å². The molecule has 4 heteroatoms. The Morgan fingerprint density at radius 1 is 1.14 bits per heavy atom. The van der Waals surface area contributed by atoms with Crippen LogP contribution in [0.4, 0.5) is 0 Å². The third-order valence-corrected chi connectivity index (χ3v) is 4.92. The summed E-state index contributed by atoms with van der Waals surface area (Å²) in [4.78, 5) is 2.56. The molecule has 0 radical (unpaired) electrons. The minimum absolute atomic E-state index is 0.579. The minimum atomic E-state index is 0.579. The topological polar surface area (TPSA) is 33.7 Å². The minimum Gasteiger partial charge on any atom is -0.493 e. The molecular formula is C17H26N2O2. The zero-order valence-corrected chi connectivity index (χ0v) is 12.9. The molecule has 21 heavy (non-hydrogen) atoms. The molecule has 1 spiro atoms. The maximum atomic E-state index is 5.89. The molecule has 0 bridgehead atoms. The maximum absolute atomic E-state index is 5.89. The quantitative estimate of drug-likeness (QED) is 0.901. The Kier molecular flexibility index (Phi) is 4.66. The Bertz CT molecular complexity index is 458. The van der Waals surface area contributed by atoms with Crippen LogP contribution >= 0.6 is 0 Å². The first-order valence-electron chi connectivity index (χ1n) is 8.00. The van der Waals surface area contributed by atoms with Crippen LogP contribution in [0.25, 0.3) is 0 Å². The number of hydrogen-bond acceptors (Lipinski definition) is 4. The molecule has 2 heterocycles. The third kappa shape index (κ3) is 3.50. The predicted octanol–water partition coefficient (Wildman–Crippen LogP) is 2.15. The Morgan fingerprint density at radius 2 is 1.90 bits per heavy atom. The second kappa shape index (κ2) is 6.67. The Hall–Kier alpha value is -1.26. The number of nitrogens with one attached hydrogen (secondary N) is 1. The average Bonchev–Trinajstić information content (AvgIpc) is 2.91. The fraction of sp³-hybridized carbons (Fsp3) is 0.647. The van der Waals surface area contributed by atoms with Gasteiger partial charge in [0.05, 0.1) is 7.11 Å². The van der Waals surface area contributed by atoms with Gasteiger partial charge in [0.25, 0.3) is 0 Å². The van der Waals surface area contributed by atoms with E-state index in [0.29, 0.717) is 5.41 Å². The van der Waals surface area contributed by atoms with E-state index in [1.807, 2.05) is 24.3 Å². The van der Waals surface area contributed by atoms with Crippen molar-refractivity contribution in [3.63, 3.8) is 0 Å². The SMILES string of the molecule is COc1ccccc1OCCN1CCC2(CCNCC2)C1. The van der Waals surface area contributed by atoms with Gasteiger partial charge in [0.15, 0.2) is 11.5 Å². The lowest BCUT2D eigenvalue weighted by molar-refractivity contribution is 0.178. The third-order valence-electron chi connectivity index (χ3n) is 4.92. The van der Waals surface area contributed by atoms with Gasteiger partial charge in [-0.15, -0.1) is 0 Å². The fourth-order valence-corrected chi connectivity index (χ4v) is 3.61. The van der Waals surface area contributed by atoms with Crippen LogP contribution in [-0.4, -0.2) is 51.3 Å². The van der Waals surface area contributed by atoms with Crippen LogP contribution in [0.15, 0.2) is 24.3 Å². The van der Waals surface area contributed by atoms with Crippen LogP contribution in [0, 0.1) is 5.41 Å². The Labute approximate surface area is 127 Å². The van der Waals surface area contributed by atoms with E-state index in [0.717, 1.165) is 24.7 Å². The van der Waals surface area contributed by atoms with E-state index >= 15 is 0 Å². The zero-order chi connectivity index (χ0) is 14.5. The summed E-state index contributed by atoms with van der Waals surface area (Å²) in [5, 5.41) is 3.47. The van der Waals surface area contributed by atoms with Gasteiger partial charge in [-0.2, -0.15) is 0 Å². The molecule has 0 unspecified atom stereocenters. The van der Waals surface area contributed by atoms with Gasteiger partial charge in [0.2, 0.25) is 0 Å². The van der Waals surface area contributed by atoms with Gasteiger partial charge in [0.1, 0.15) is 6.61 Å². The summed E-state index contributed by atoms with van der Waals surface area (Å²) in [6.45, 7) is 6.57. The molecule has 0 aromatic heterocycles. The van der Waals surface area contributed by atoms with Crippen LogP contribution < -0.4 is 14.8 Å². The standard InChI is InChI=1S/C17H26N2O2/c1-20-15-4-2-3-5-16(15)21-13-12-19-11-8-17(14-19)6-9-18-10-7-17/h2-5,18H,6-14H2,1H3. The Balaban J connectivity index is 1.46. The van der Waals surface area contributed by atoms with E-state index < -0.39 is 0 Å². The Morgan fingerprint density at radius 3 is 2.67 bits per heavy atom. The van der Waals surface area contributed by atoms with Crippen LogP contribution in [-0.2, 0) is 0 Å². The van der Waals surface area contributed by atoms with E-state index in [9.17, 15) is 0 Å². The predicted molar refractivity (Wildman–Crippen MR) is 84.1 cm³/mol. The number of methoxy groups -OCH3 is 1. The summed E-state index contributed by atoms with van der Waals surface area (Å²) in [5.41, 5.74) is 0.579. The normalized spacial score (nSPS) is 21.6. The number of likely N-dealkylation sites (tertiary alicyclic amines) is 1. The number of nitrogens with zero attached hydrogens (tertiary/aromatic N) is 1. The van der Waals surface area contributed by atoms with Crippen molar-refractivity contribution >= 4 is 0 Å². The van der Waals surface area contributed by atoms with Gasteiger partial charge in [0, 0.05) is 13.1 Å². The van der Waals surface area contributed by atoms with Crippen molar-refractivity contribution in [3.8, 4) is 11.5 Å². The van der Waals surface area contributed by atoms with Gasteiger partial charge in [-0.25, -0.2) is 0 Å². The van der Waals surface area contributed by atoms with Crippen LogP contribution in [0.1, 0.15) is 19.3 Å². The summed E-state index contributed by atoms with van der Waals surface area (Å²) >= 11 is 0. The zero-order valence-electron chi connectivity index (χ0n) is 12.9. The summed E-state index contributed by atoms with van der Waals surface area (Å²) in [7, 11) is 1.68. The smallest absolute Gasteiger partial charge is 0.161 e. The number of rotatable bonds is 5. The number of hydrogen-bond donors (Lipinski definition) is 1. The van der Waals surface area contributed by atoms with Crippen molar-refractivity contribution in [2.24, 2.45) is 5.41 Å². The highest BCUT2D eigenvalue weighted by atomic mass is 16.5. The van der Waals surface area contributed by atoms with Crippen molar-refractivity contribution in [2.45, 2.75) is 19.3 Å². The molecule has 3 rings (SSSR count). The fourth-order valence-electron chi connectivity index (χ4n) is 3.61. The molecule has 0 amide bonds. The summed E-state index contributed by atoms with van der Waals surface area (Å²) in [6.07, 6.45) is 4.01. The second-order valence-corrected chi connectivity index (χ2v) is 6.28. The van der Waals surface area contributed by atoms with Gasteiger partial charge in [-0.1, -0.05) is 12.1 Å². The van der Waals surface area contributed by atoms with Crippen molar-refractivity contribution < 1.29 is 9.47 Å². The molecular weight excluding hydrogens is 264 g/mol. The summed E-state index contributed by atoms with van der Waals surface area (Å²) < 4.78 is 11.2. The van der Waals surface area contributed by atoms with Crippen LogP contribution in [0.5, 0.6) is 11.5 Å².